The smallest absolute Gasteiger partial charge is 0.271 e. The number of aliphatic imine (C=N–C) groups is 1. The molecule has 0 spiro atoms. The number of hydrogen-bond donors (Lipinski definition) is 0. The summed E-state index contributed by atoms with van der Waals surface area (Å²) >= 11 is 1.41. The van der Waals surface area contributed by atoms with Gasteiger partial charge in [0.25, 0.3) is 5.91 Å². The van der Waals surface area contributed by atoms with Crippen molar-refractivity contribution in [3.63, 3.8) is 0 Å². The molecule has 5 heteroatoms. The molecule has 0 aliphatic carbocycles. The summed E-state index contributed by atoms with van der Waals surface area (Å²) in [5.74, 6) is 0.758. The van der Waals surface area contributed by atoms with E-state index in [-0.39, 0.29) is 5.91 Å². The Kier molecular flexibility index (Phi) is 7.65. The largest absolute Gasteiger partial charge is 0.497 e. The third kappa shape index (κ3) is 5.15. The van der Waals surface area contributed by atoms with E-state index in [4.69, 9.17) is 9.73 Å². The van der Waals surface area contributed by atoms with E-state index in [0.717, 1.165) is 46.7 Å². The lowest BCUT2D eigenvalue weighted by molar-refractivity contribution is -0.113. The lowest BCUT2D eigenvalue weighted by Gasteiger charge is -2.19. The van der Waals surface area contributed by atoms with Crippen LogP contribution in [0, 0.1) is 0 Å². The quantitative estimate of drug-likeness (QED) is 0.345. The average Bonchev–Trinajstić information content (AvgIpc) is 3.19. The van der Waals surface area contributed by atoms with E-state index in [1.165, 1.54) is 11.8 Å². The van der Waals surface area contributed by atoms with Crippen LogP contribution in [0.5, 0.6) is 5.75 Å². The maximum absolute atomic E-state index is 13.6. The van der Waals surface area contributed by atoms with Gasteiger partial charge in [0, 0.05) is 0 Å². The number of benzene rings is 3. The van der Waals surface area contributed by atoms with Gasteiger partial charge in [-0.3, -0.25) is 9.69 Å². The van der Waals surface area contributed by atoms with E-state index in [1.54, 1.807) is 12.0 Å². The monoisotopic (exact) mass is 468 g/mol. The average molecular weight is 469 g/mol. The van der Waals surface area contributed by atoms with Crippen molar-refractivity contribution in [3.05, 3.63) is 107 Å². The number of anilines is 1. The van der Waals surface area contributed by atoms with E-state index in [2.05, 4.69) is 26.0 Å². The van der Waals surface area contributed by atoms with Gasteiger partial charge in [-0.25, -0.2) is 4.99 Å². The van der Waals surface area contributed by atoms with E-state index in [0.29, 0.717) is 10.1 Å². The number of rotatable bonds is 7. The SMILES string of the molecule is CCc1ccccc1N=C1S/C(=C/C=C/c2ccc(OC)cc2)C(=O)N1c1ccccc1CC. The van der Waals surface area contributed by atoms with Gasteiger partial charge in [0.2, 0.25) is 0 Å². The number of thioether (sulfide) groups is 1. The zero-order valence-corrected chi connectivity index (χ0v) is 20.5. The minimum atomic E-state index is -0.0574. The Morgan fingerprint density at radius 1 is 0.912 bits per heavy atom. The van der Waals surface area contributed by atoms with Gasteiger partial charge >= 0.3 is 0 Å². The fraction of sp³-hybridized carbons (Fsp3) is 0.172. The maximum atomic E-state index is 13.6. The Labute approximate surface area is 205 Å². The molecule has 0 saturated carbocycles. The Bertz CT molecular complexity index is 1260. The van der Waals surface area contributed by atoms with Crippen LogP contribution in [0.25, 0.3) is 6.08 Å². The van der Waals surface area contributed by atoms with Crippen molar-refractivity contribution in [2.45, 2.75) is 26.7 Å². The molecule has 1 amide bonds. The number of nitrogens with zero attached hydrogens (tertiary/aromatic N) is 2. The van der Waals surface area contributed by atoms with Crippen molar-refractivity contribution in [2.75, 3.05) is 12.0 Å². The van der Waals surface area contributed by atoms with Gasteiger partial charge in [0.05, 0.1) is 23.4 Å². The topological polar surface area (TPSA) is 41.9 Å². The molecule has 1 saturated heterocycles. The van der Waals surface area contributed by atoms with E-state index >= 15 is 0 Å². The second kappa shape index (κ2) is 11.0. The second-order valence-electron chi connectivity index (χ2n) is 7.76. The van der Waals surface area contributed by atoms with Gasteiger partial charge in [-0.2, -0.15) is 0 Å². The van der Waals surface area contributed by atoms with Crippen molar-refractivity contribution in [1.29, 1.82) is 0 Å². The Morgan fingerprint density at radius 2 is 1.59 bits per heavy atom. The van der Waals surface area contributed by atoms with E-state index < -0.39 is 0 Å². The minimum absolute atomic E-state index is 0.0574. The van der Waals surface area contributed by atoms with Crippen molar-refractivity contribution in [1.82, 2.24) is 0 Å². The molecule has 0 bridgehead atoms. The fourth-order valence-corrected chi connectivity index (χ4v) is 4.73. The molecule has 0 radical (unpaired) electrons. The highest BCUT2D eigenvalue weighted by molar-refractivity contribution is 8.19. The number of carbonyl (C=O) groups excluding carboxylic acids is 1. The molecule has 34 heavy (non-hydrogen) atoms. The van der Waals surface area contributed by atoms with Gasteiger partial charge in [-0.15, -0.1) is 0 Å². The molecule has 3 aromatic rings. The van der Waals surface area contributed by atoms with Crippen molar-refractivity contribution >= 4 is 40.3 Å². The predicted octanol–water partition coefficient (Wildman–Crippen LogP) is 7.18. The van der Waals surface area contributed by atoms with Gasteiger partial charge in [-0.1, -0.05) is 74.5 Å². The van der Waals surface area contributed by atoms with Crippen molar-refractivity contribution in [2.24, 2.45) is 4.99 Å². The second-order valence-corrected chi connectivity index (χ2v) is 8.77. The summed E-state index contributed by atoms with van der Waals surface area (Å²) in [6.45, 7) is 4.22. The number of allylic oxidation sites excluding steroid dienone is 2. The normalized spacial score (nSPS) is 16.2. The lowest BCUT2D eigenvalue weighted by atomic mass is 10.1. The summed E-state index contributed by atoms with van der Waals surface area (Å²) in [5, 5.41) is 0.677. The van der Waals surface area contributed by atoms with E-state index in [9.17, 15) is 4.79 Å². The highest BCUT2D eigenvalue weighted by Gasteiger charge is 2.35. The maximum Gasteiger partial charge on any atom is 0.271 e. The standard InChI is InChI=1S/C29H28N2O2S/c1-4-22-12-6-8-14-25(22)30-29-31(26-15-9-7-13-23(26)5-2)28(32)27(34-29)16-10-11-21-17-19-24(33-3)20-18-21/h6-20H,4-5H2,1-3H3/b11-10+,27-16+,30-29?. The highest BCUT2D eigenvalue weighted by Crippen LogP contribution is 2.38. The van der Waals surface area contributed by atoms with E-state index in [1.807, 2.05) is 78.9 Å². The first-order valence-corrected chi connectivity index (χ1v) is 12.3. The van der Waals surface area contributed by atoms with Crippen LogP contribution in [0.2, 0.25) is 0 Å². The fourth-order valence-electron chi connectivity index (χ4n) is 3.79. The first kappa shape index (κ1) is 23.6. The van der Waals surface area contributed by atoms with Crippen molar-refractivity contribution < 1.29 is 9.53 Å². The summed E-state index contributed by atoms with van der Waals surface area (Å²) in [6.07, 6.45) is 7.47. The zero-order chi connectivity index (χ0) is 23.9. The van der Waals surface area contributed by atoms with Gasteiger partial charge in [-0.05, 0) is 71.6 Å². The number of hydrogen-bond acceptors (Lipinski definition) is 4. The first-order valence-electron chi connectivity index (χ1n) is 11.4. The van der Waals surface area contributed by atoms with Crippen molar-refractivity contribution in [3.8, 4) is 5.75 Å². The molecule has 1 fully saturated rings. The number of ether oxygens (including phenoxy) is 1. The molecule has 1 aliphatic heterocycles. The molecule has 0 aromatic heterocycles. The number of methoxy groups -OCH3 is 1. The third-order valence-electron chi connectivity index (χ3n) is 5.66. The van der Waals surface area contributed by atoms with Crippen LogP contribution >= 0.6 is 11.8 Å². The lowest BCUT2D eigenvalue weighted by Crippen LogP contribution is -2.29. The van der Waals surface area contributed by atoms with Crippen LogP contribution < -0.4 is 9.64 Å². The molecule has 1 aliphatic rings. The number of carbonyl (C=O) groups is 1. The van der Waals surface area contributed by atoms with Crippen LogP contribution in [0.4, 0.5) is 11.4 Å². The number of para-hydroxylation sites is 2. The molecular weight excluding hydrogens is 440 g/mol. The minimum Gasteiger partial charge on any atom is -0.497 e. The molecule has 4 rings (SSSR count). The molecule has 0 atom stereocenters. The summed E-state index contributed by atoms with van der Waals surface area (Å²) < 4.78 is 5.22. The number of aryl methyl sites for hydroxylation is 2. The molecule has 0 unspecified atom stereocenters. The summed E-state index contributed by atoms with van der Waals surface area (Å²) in [6, 6.07) is 23.9. The molecule has 4 nitrogen and oxygen atoms in total. The highest BCUT2D eigenvalue weighted by atomic mass is 32.2. The van der Waals surface area contributed by atoms with Crippen LogP contribution in [-0.2, 0) is 17.6 Å². The van der Waals surface area contributed by atoms with Crippen LogP contribution in [-0.4, -0.2) is 18.2 Å². The Balaban J connectivity index is 1.71. The molecule has 3 aromatic carbocycles. The van der Waals surface area contributed by atoms with Crippen LogP contribution in [0.1, 0.15) is 30.5 Å². The Hall–Kier alpha value is -3.57. The van der Waals surface area contributed by atoms with Crippen LogP contribution in [0.3, 0.4) is 0 Å². The zero-order valence-electron chi connectivity index (χ0n) is 19.7. The summed E-state index contributed by atoms with van der Waals surface area (Å²) in [7, 11) is 1.65. The summed E-state index contributed by atoms with van der Waals surface area (Å²) in [4.78, 5) is 20.9. The summed E-state index contributed by atoms with van der Waals surface area (Å²) in [5.41, 5.74) is 5.09. The van der Waals surface area contributed by atoms with Gasteiger partial charge in [0.15, 0.2) is 5.17 Å². The third-order valence-corrected chi connectivity index (χ3v) is 6.65. The van der Waals surface area contributed by atoms with Gasteiger partial charge in [0.1, 0.15) is 5.75 Å². The molecule has 1 heterocycles. The number of amides is 1. The molecule has 0 N–H and O–H groups in total. The van der Waals surface area contributed by atoms with Crippen LogP contribution in [0.15, 0.2) is 94.8 Å². The Morgan fingerprint density at radius 3 is 2.29 bits per heavy atom. The van der Waals surface area contributed by atoms with Gasteiger partial charge < -0.3 is 4.74 Å². The molecule has 172 valence electrons. The number of amidine groups is 1. The predicted molar refractivity (Wildman–Crippen MR) is 144 cm³/mol. The first-order chi connectivity index (χ1) is 16.6. The molecular formula is C29H28N2O2S.